The summed E-state index contributed by atoms with van der Waals surface area (Å²) in [5.74, 6) is -0.0250. The molecule has 132 valence electrons. The van der Waals surface area contributed by atoms with Gasteiger partial charge in [-0.25, -0.2) is 0 Å². The van der Waals surface area contributed by atoms with Crippen LogP contribution < -0.4 is 5.32 Å². The number of rotatable bonds is 7. The predicted octanol–water partition coefficient (Wildman–Crippen LogP) is 5.50. The molecule has 0 aliphatic heterocycles. The molecule has 0 aliphatic carbocycles. The Bertz CT molecular complexity index is 825. The zero-order valence-corrected chi connectivity index (χ0v) is 15.7. The van der Waals surface area contributed by atoms with Gasteiger partial charge in [-0.15, -0.1) is 0 Å². The lowest BCUT2D eigenvalue weighted by Gasteiger charge is -2.20. The number of hydrogen-bond donors (Lipinski definition) is 1. The van der Waals surface area contributed by atoms with E-state index in [-0.39, 0.29) is 17.7 Å². The zero-order chi connectivity index (χ0) is 18.2. The van der Waals surface area contributed by atoms with E-state index < -0.39 is 0 Å². The highest BCUT2D eigenvalue weighted by Gasteiger charge is 2.25. The van der Waals surface area contributed by atoms with E-state index >= 15 is 0 Å². The maximum absolute atomic E-state index is 12.9. The Kier molecular flexibility index (Phi) is 6.39. The molecule has 2 aromatic carbocycles. The number of nitrogens with one attached hydrogen (secondary N) is 1. The lowest BCUT2D eigenvalue weighted by atomic mass is 9.87. The van der Waals surface area contributed by atoms with Crippen LogP contribution in [0, 0.1) is 5.92 Å². The molecule has 3 aromatic rings. The topological polar surface area (TPSA) is 29.1 Å². The summed E-state index contributed by atoms with van der Waals surface area (Å²) in [5, 5.41) is 7.20. The minimum Gasteiger partial charge on any atom is -0.351 e. The smallest absolute Gasteiger partial charge is 0.228 e. The van der Waals surface area contributed by atoms with Crippen molar-refractivity contribution in [2.24, 2.45) is 5.92 Å². The summed E-state index contributed by atoms with van der Waals surface area (Å²) in [5.41, 5.74) is 3.33. The molecule has 3 heteroatoms. The molecule has 2 unspecified atom stereocenters. The molecule has 2 nitrogen and oxygen atoms in total. The molecule has 0 spiro atoms. The van der Waals surface area contributed by atoms with Crippen molar-refractivity contribution in [1.29, 1.82) is 0 Å². The van der Waals surface area contributed by atoms with E-state index in [1.54, 1.807) is 11.3 Å². The van der Waals surface area contributed by atoms with Crippen LogP contribution in [0.25, 0.3) is 6.08 Å². The van der Waals surface area contributed by atoms with Gasteiger partial charge < -0.3 is 5.32 Å². The van der Waals surface area contributed by atoms with Gasteiger partial charge in [0, 0.05) is 6.54 Å². The summed E-state index contributed by atoms with van der Waals surface area (Å²) in [4.78, 5) is 12.9. The van der Waals surface area contributed by atoms with Crippen LogP contribution in [-0.4, -0.2) is 5.91 Å². The molecule has 1 N–H and O–H groups in total. The van der Waals surface area contributed by atoms with Gasteiger partial charge in [-0.05, 0) is 39.4 Å². The summed E-state index contributed by atoms with van der Waals surface area (Å²) < 4.78 is 0. The highest BCUT2D eigenvalue weighted by molar-refractivity contribution is 7.08. The summed E-state index contributed by atoms with van der Waals surface area (Å²) in [6.07, 6.45) is 4.22. The molecule has 26 heavy (non-hydrogen) atoms. The third kappa shape index (κ3) is 4.93. The predicted molar refractivity (Wildman–Crippen MR) is 110 cm³/mol. The minimum atomic E-state index is -0.190. The molecule has 1 aromatic heterocycles. The molecular formula is C23H23NOS. The van der Waals surface area contributed by atoms with Crippen molar-refractivity contribution >= 4 is 23.3 Å². The van der Waals surface area contributed by atoms with Crippen LogP contribution >= 0.6 is 11.3 Å². The molecule has 0 fully saturated rings. The summed E-state index contributed by atoms with van der Waals surface area (Å²) in [6.45, 7) is 2.65. The monoisotopic (exact) mass is 361 g/mol. The molecule has 3 rings (SSSR count). The zero-order valence-electron chi connectivity index (χ0n) is 14.8. The first-order valence-electron chi connectivity index (χ1n) is 8.81. The van der Waals surface area contributed by atoms with E-state index in [1.165, 1.54) is 0 Å². The molecule has 0 saturated carbocycles. The first kappa shape index (κ1) is 18.2. The molecule has 0 aliphatic rings. The maximum atomic E-state index is 12.9. The van der Waals surface area contributed by atoms with Crippen LogP contribution in [0.3, 0.4) is 0 Å². The van der Waals surface area contributed by atoms with Gasteiger partial charge in [-0.1, -0.05) is 79.7 Å². The van der Waals surface area contributed by atoms with Crippen LogP contribution in [0.4, 0.5) is 0 Å². The Hall–Kier alpha value is -2.65. The number of amides is 1. The van der Waals surface area contributed by atoms with Crippen molar-refractivity contribution in [2.75, 3.05) is 0 Å². The van der Waals surface area contributed by atoms with Gasteiger partial charge in [-0.3, -0.25) is 4.79 Å². The van der Waals surface area contributed by atoms with E-state index in [2.05, 4.69) is 41.9 Å². The van der Waals surface area contributed by atoms with E-state index in [1.807, 2.05) is 60.0 Å². The van der Waals surface area contributed by atoms with Crippen molar-refractivity contribution in [3.05, 3.63) is 100 Å². The van der Waals surface area contributed by atoms with E-state index in [4.69, 9.17) is 0 Å². The third-order valence-electron chi connectivity index (χ3n) is 4.41. The van der Waals surface area contributed by atoms with Gasteiger partial charge in [0.05, 0.1) is 5.92 Å². The molecule has 1 heterocycles. The van der Waals surface area contributed by atoms with Crippen LogP contribution in [0.5, 0.6) is 0 Å². The molecule has 0 bridgehead atoms. The van der Waals surface area contributed by atoms with E-state index in [9.17, 15) is 4.79 Å². The second-order valence-electron chi connectivity index (χ2n) is 6.37. The van der Waals surface area contributed by atoms with Gasteiger partial charge in [-0.2, -0.15) is 11.3 Å². The number of carbonyl (C=O) groups is 1. The number of allylic oxidation sites excluding steroid dienone is 1. The van der Waals surface area contributed by atoms with Crippen LogP contribution in [-0.2, 0) is 11.3 Å². The largest absolute Gasteiger partial charge is 0.351 e. The van der Waals surface area contributed by atoms with Gasteiger partial charge >= 0.3 is 0 Å². The SMILES string of the molecule is CC(/C=C/c1ccccc1)C(C(=O)NCc1ccccc1)c1ccsc1. The Labute approximate surface area is 159 Å². The highest BCUT2D eigenvalue weighted by atomic mass is 32.1. The van der Waals surface area contributed by atoms with Gasteiger partial charge in [0.25, 0.3) is 0 Å². The normalized spacial score (nSPS) is 13.4. The fourth-order valence-electron chi connectivity index (χ4n) is 2.98. The van der Waals surface area contributed by atoms with Crippen LogP contribution in [0.1, 0.15) is 29.5 Å². The van der Waals surface area contributed by atoms with Crippen molar-refractivity contribution in [1.82, 2.24) is 5.32 Å². The molecule has 0 saturated heterocycles. The number of hydrogen-bond acceptors (Lipinski definition) is 2. The standard InChI is InChI=1S/C23H23NOS/c1-18(12-13-19-8-4-2-5-9-19)22(21-14-15-26-17-21)23(25)24-16-20-10-6-3-7-11-20/h2-15,17-18,22H,16H2,1H3,(H,24,25)/b13-12+. The van der Waals surface area contributed by atoms with Gasteiger partial charge in [0.2, 0.25) is 5.91 Å². The Morgan fingerprint density at radius 3 is 2.38 bits per heavy atom. The molecule has 1 amide bonds. The molecule has 0 radical (unpaired) electrons. The van der Waals surface area contributed by atoms with Crippen LogP contribution in [0.2, 0.25) is 0 Å². The number of carbonyl (C=O) groups excluding carboxylic acids is 1. The minimum absolute atomic E-state index is 0.0671. The highest BCUT2D eigenvalue weighted by Crippen LogP contribution is 2.28. The summed E-state index contributed by atoms with van der Waals surface area (Å²) in [6, 6.07) is 22.2. The van der Waals surface area contributed by atoms with Gasteiger partial charge in [0.15, 0.2) is 0 Å². The van der Waals surface area contributed by atoms with E-state index in [0.29, 0.717) is 6.54 Å². The van der Waals surface area contributed by atoms with Crippen molar-refractivity contribution in [2.45, 2.75) is 19.4 Å². The number of benzene rings is 2. The Morgan fingerprint density at radius 1 is 1.04 bits per heavy atom. The van der Waals surface area contributed by atoms with Crippen molar-refractivity contribution < 1.29 is 4.79 Å². The number of thiophene rings is 1. The molecular weight excluding hydrogens is 338 g/mol. The lowest BCUT2D eigenvalue weighted by molar-refractivity contribution is -0.123. The van der Waals surface area contributed by atoms with Crippen molar-refractivity contribution in [3.63, 3.8) is 0 Å². The molecule has 2 atom stereocenters. The Balaban J connectivity index is 1.72. The van der Waals surface area contributed by atoms with E-state index in [0.717, 1.165) is 16.7 Å². The Morgan fingerprint density at radius 2 is 1.73 bits per heavy atom. The first-order valence-corrected chi connectivity index (χ1v) is 9.75. The van der Waals surface area contributed by atoms with Gasteiger partial charge in [0.1, 0.15) is 0 Å². The third-order valence-corrected chi connectivity index (χ3v) is 5.11. The second-order valence-corrected chi connectivity index (χ2v) is 7.15. The maximum Gasteiger partial charge on any atom is 0.228 e. The second kappa shape index (κ2) is 9.16. The lowest BCUT2D eigenvalue weighted by Crippen LogP contribution is -2.31. The summed E-state index contributed by atoms with van der Waals surface area (Å²) >= 11 is 1.63. The summed E-state index contributed by atoms with van der Waals surface area (Å²) in [7, 11) is 0. The quantitative estimate of drug-likeness (QED) is 0.592. The van der Waals surface area contributed by atoms with Crippen molar-refractivity contribution in [3.8, 4) is 0 Å². The fourth-order valence-corrected chi connectivity index (χ4v) is 3.68. The average Bonchev–Trinajstić information content (AvgIpc) is 3.21. The fraction of sp³-hybridized carbons (Fsp3) is 0.174. The average molecular weight is 362 g/mol. The van der Waals surface area contributed by atoms with Crippen LogP contribution in [0.15, 0.2) is 83.6 Å². The first-order chi connectivity index (χ1) is 12.7.